The highest BCUT2D eigenvalue weighted by Gasteiger charge is 2.20. The number of para-hydroxylation sites is 1. The fraction of sp³-hybridized carbons (Fsp3) is 0.111. The van der Waals surface area contributed by atoms with Crippen molar-refractivity contribution >= 4 is 17.5 Å². The Balaban J connectivity index is 2.95. The Morgan fingerprint density at radius 2 is 2.00 bits per heavy atom. The van der Waals surface area contributed by atoms with Crippen LogP contribution in [-0.4, -0.2) is 18.9 Å². The molecule has 2 amide bonds. The summed E-state index contributed by atoms with van der Waals surface area (Å²) in [6, 6.07) is 5.62. The lowest BCUT2D eigenvalue weighted by Crippen LogP contribution is -2.44. The molecule has 0 saturated heterocycles. The number of hydrogen-bond donors (Lipinski definition) is 2. The summed E-state index contributed by atoms with van der Waals surface area (Å²) >= 11 is 0. The minimum atomic E-state index is -0.999. The number of likely N-dealkylation sites (N-methyl/N-ethyl adjacent to an activating group) is 1. The lowest BCUT2D eigenvalue weighted by atomic mass is 10.3. The monoisotopic (exact) mass is 211 g/mol. The van der Waals surface area contributed by atoms with E-state index in [0.29, 0.717) is 0 Å². The van der Waals surface area contributed by atoms with Gasteiger partial charge in [-0.2, -0.15) is 0 Å². The number of benzene rings is 1. The lowest BCUT2D eigenvalue weighted by Gasteiger charge is -2.16. The molecule has 0 spiro atoms. The van der Waals surface area contributed by atoms with Crippen molar-refractivity contribution in [1.29, 1.82) is 0 Å². The van der Waals surface area contributed by atoms with Gasteiger partial charge in [-0.25, -0.2) is 10.2 Å². The van der Waals surface area contributed by atoms with Crippen LogP contribution >= 0.6 is 0 Å². The van der Waals surface area contributed by atoms with Crippen LogP contribution in [0.3, 0.4) is 0 Å². The van der Waals surface area contributed by atoms with Crippen molar-refractivity contribution in [2.24, 2.45) is 5.84 Å². The van der Waals surface area contributed by atoms with Crippen molar-refractivity contribution in [3.63, 3.8) is 0 Å². The van der Waals surface area contributed by atoms with E-state index >= 15 is 0 Å². The standard InChI is InChI=1S/C9H10FN3O2/c1-13(9(15)8(14)12-11)7-5-3-2-4-6(7)10/h2-5H,11H2,1H3,(H,12,14). The zero-order valence-electron chi connectivity index (χ0n) is 8.03. The van der Waals surface area contributed by atoms with E-state index in [-0.39, 0.29) is 5.69 Å². The molecule has 0 atom stereocenters. The van der Waals surface area contributed by atoms with Crippen LogP contribution in [0.1, 0.15) is 0 Å². The molecular weight excluding hydrogens is 201 g/mol. The molecule has 5 nitrogen and oxygen atoms in total. The maximum Gasteiger partial charge on any atom is 0.323 e. The maximum absolute atomic E-state index is 13.2. The number of halogens is 1. The van der Waals surface area contributed by atoms with Crippen molar-refractivity contribution in [3.05, 3.63) is 30.1 Å². The molecule has 6 heteroatoms. The van der Waals surface area contributed by atoms with Gasteiger partial charge in [0, 0.05) is 7.05 Å². The molecule has 0 fully saturated rings. The molecule has 0 aliphatic heterocycles. The molecule has 3 N–H and O–H groups in total. The number of nitrogens with two attached hydrogens (primary N) is 1. The van der Waals surface area contributed by atoms with Crippen molar-refractivity contribution in [3.8, 4) is 0 Å². The zero-order chi connectivity index (χ0) is 11.4. The second-order valence-electron chi connectivity index (χ2n) is 2.79. The molecule has 0 saturated carbocycles. The first-order valence-corrected chi connectivity index (χ1v) is 4.11. The second kappa shape index (κ2) is 4.52. The third kappa shape index (κ3) is 2.29. The molecule has 1 rings (SSSR count). The first-order valence-electron chi connectivity index (χ1n) is 4.11. The maximum atomic E-state index is 13.2. The normalized spacial score (nSPS) is 9.53. The second-order valence-corrected chi connectivity index (χ2v) is 2.79. The Bertz CT molecular complexity index is 395. The number of hydrazine groups is 1. The smallest absolute Gasteiger partial charge is 0.304 e. The highest BCUT2D eigenvalue weighted by Crippen LogP contribution is 2.16. The number of anilines is 1. The predicted octanol–water partition coefficient (Wildman–Crippen LogP) is -0.222. The minimum Gasteiger partial charge on any atom is -0.304 e. The van der Waals surface area contributed by atoms with E-state index in [1.54, 1.807) is 11.5 Å². The summed E-state index contributed by atoms with van der Waals surface area (Å²) in [7, 11) is 1.29. The molecule has 0 heterocycles. The van der Waals surface area contributed by atoms with Crippen LogP contribution in [0.25, 0.3) is 0 Å². The molecule has 1 aromatic rings. The molecule has 15 heavy (non-hydrogen) atoms. The van der Waals surface area contributed by atoms with Gasteiger partial charge in [0.25, 0.3) is 0 Å². The molecule has 0 radical (unpaired) electrons. The first-order chi connectivity index (χ1) is 7.07. The van der Waals surface area contributed by atoms with Gasteiger partial charge in [-0.05, 0) is 12.1 Å². The molecular formula is C9H10FN3O2. The SMILES string of the molecule is CN(C(=O)C(=O)NN)c1ccccc1F. The Morgan fingerprint density at radius 3 is 2.53 bits per heavy atom. The summed E-state index contributed by atoms with van der Waals surface area (Å²) in [5.41, 5.74) is 1.70. The summed E-state index contributed by atoms with van der Waals surface area (Å²) in [4.78, 5) is 23.1. The van der Waals surface area contributed by atoms with Crippen molar-refractivity contribution in [2.45, 2.75) is 0 Å². The fourth-order valence-corrected chi connectivity index (χ4v) is 1.05. The summed E-state index contributed by atoms with van der Waals surface area (Å²) in [5.74, 6) is 2.27. The number of carbonyl (C=O) groups is 2. The molecule has 0 bridgehead atoms. The van der Waals surface area contributed by atoms with Crippen LogP contribution in [0.4, 0.5) is 10.1 Å². The number of amides is 2. The Morgan fingerprint density at radius 1 is 1.40 bits per heavy atom. The van der Waals surface area contributed by atoms with E-state index in [0.717, 1.165) is 4.90 Å². The average molecular weight is 211 g/mol. The summed E-state index contributed by atoms with van der Waals surface area (Å²) < 4.78 is 13.2. The van der Waals surface area contributed by atoms with Crippen LogP contribution in [-0.2, 0) is 9.59 Å². The minimum absolute atomic E-state index is 0.0195. The van der Waals surface area contributed by atoms with Crippen LogP contribution in [0, 0.1) is 5.82 Å². The van der Waals surface area contributed by atoms with Gasteiger partial charge in [0.05, 0.1) is 5.69 Å². The van der Waals surface area contributed by atoms with E-state index in [2.05, 4.69) is 0 Å². The van der Waals surface area contributed by atoms with E-state index in [9.17, 15) is 14.0 Å². The molecule has 0 aromatic heterocycles. The van der Waals surface area contributed by atoms with Crippen LogP contribution < -0.4 is 16.2 Å². The van der Waals surface area contributed by atoms with Gasteiger partial charge in [-0.3, -0.25) is 15.0 Å². The number of hydrogen-bond acceptors (Lipinski definition) is 3. The summed E-state index contributed by atoms with van der Waals surface area (Å²) in [6.07, 6.45) is 0. The molecule has 0 unspecified atom stereocenters. The van der Waals surface area contributed by atoms with E-state index in [4.69, 9.17) is 5.84 Å². The van der Waals surface area contributed by atoms with Gasteiger partial charge in [0.15, 0.2) is 0 Å². The van der Waals surface area contributed by atoms with E-state index < -0.39 is 17.6 Å². The summed E-state index contributed by atoms with van der Waals surface area (Å²) in [6.45, 7) is 0. The molecule has 1 aromatic carbocycles. The van der Waals surface area contributed by atoms with Crippen LogP contribution in [0.5, 0.6) is 0 Å². The highest BCUT2D eigenvalue weighted by atomic mass is 19.1. The van der Waals surface area contributed by atoms with Crippen molar-refractivity contribution in [2.75, 3.05) is 11.9 Å². The zero-order valence-corrected chi connectivity index (χ0v) is 8.03. The van der Waals surface area contributed by atoms with Crippen molar-refractivity contribution < 1.29 is 14.0 Å². The number of nitrogens with one attached hydrogen (secondary N) is 1. The highest BCUT2D eigenvalue weighted by molar-refractivity contribution is 6.40. The Labute approximate surface area is 85.6 Å². The van der Waals surface area contributed by atoms with Gasteiger partial charge >= 0.3 is 11.8 Å². The van der Waals surface area contributed by atoms with Crippen LogP contribution in [0.2, 0.25) is 0 Å². The predicted molar refractivity (Wildman–Crippen MR) is 52.1 cm³/mol. The third-order valence-electron chi connectivity index (χ3n) is 1.84. The fourth-order valence-electron chi connectivity index (χ4n) is 1.05. The van der Waals surface area contributed by atoms with E-state index in [1.807, 2.05) is 0 Å². The van der Waals surface area contributed by atoms with Crippen LogP contribution in [0.15, 0.2) is 24.3 Å². The first kappa shape index (κ1) is 11.1. The number of rotatable bonds is 1. The number of carbonyl (C=O) groups excluding carboxylic acids is 2. The van der Waals surface area contributed by atoms with Gasteiger partial charge in [0.1, 0.15) is 5.82 Å². The Hall–Kier alpha value is -1.95. The van der Waals surface area contributed by atoms with E-state index in [1.165, 1.54) is 25.2 Å². The molecule has 80 valence electrons. The third-order valence-corrected chi connectivity index (χ3v) is 1.84. The molecule has 0 aliphatic carbocycles. The quantitative estimate of drug-likeness (QED) is 0.292. The van der Waals surface area contributed by atoms with Gasteiger partial charge < -0.3 is 4.90 Å². The average Bonchev–Trinajstić information content (AvgIpc) is 2.26. The Kier molecular flexibility index (Phi) is 3.35. The lowest BCUT2D eigenvalue weighted by molar-refractivity contribution is -0.137. The van der Waals surface area contributed by atoms with Gasteiger partial charge in [-0.15, -0.1) is 0 Å². The number of nitrogens with zero attached hydrogens (tertiary/aromatic N) is 1. The van der Waals surface area contributed by atoms with Crippen molar-refractivity contribution in [1.82, 2.24) is 5.43 Å². The summed E-state index contributed by atoms with van der Waals surface area (Å²) in [5, 5.41) is 0. The van der Waals surface area contributed by atoms with Gasteiger partial charge in [-0.1, -0.05) is 12.1 Å². The topological polar surface area (TPSA) is 75.4 Å². The van der Waals surface area contributed by atoms with Gasteiger partial charge in [0.2, 0.25) is 0 Å². The molecule has 0 aliphatic rings. The largest absolute Gasteiger partial charge is 0.323 e.